The van der Waals surface area contributed by atoms with Gasteiger partial charge in [0, 0.05) is 76.5 Å². The highest BCUT2D eigenvalue weighted by Crippen LogP contribution is 2.58. The predicted octanol–water partition coefficient (Wildman–Crippen LogP) is 6.69. The Bertz CT molecular complexity index is 1770. The summed E-state index contributed by atoms with van der Waals surface area (Å²) in [7, 11) is 0. The molecule has 54 heavy (non-hydrogen) atoms. The van der Waals surface area contributed by atoms with Crippen molar-refractivity contribution in [3.05, 3.63) is 41.2 Å². The third-order valence-corrected chi connectivity index (χ3v) is 14.0. The van der Waals surface area contributed by atoms with Crippen molar-refractivity contribution in [1.82, 2.24) is 20.2 Å². The van der Waals surface area contributed by atoms with E-state index >= 15 is 8.78 Å². The third kappa shape index (κ3) is 6.23. The predicted molar refractivity (Wildman–Crippen MR) is 189 cm³/mol. The molecule has 7 fully saturated rings. The van der Waals surface area contributed by atoms with Crippen LogP contribution in [0.4, 0.5) is 29.2 Å². The van der Waals surface area contributed by atoms with Gasteiger partial charge >= 0.3 is 5.97 Å². The lowest BCUT2D eigenvalue weighted by molar-refractivity contribution is -0.163. The second-order valence-electron chi connectivity index (χ2n) is 17.7. The van der Waals surface area contributed by atoms with Crippen molar-refractivity contribution in [2.24, 2.45) is 29.6 Å². The van der Waals surface area contributed by atoms with E-state index in [1.54, 1.807) is 0 Å². The maximum absolute atomic E-state index is 15.4. The Hall–Kier alpha value is -3.52. The zero-order chi connectivity index (χ0) is 37.6. The number of aliphatic carboxylic acids is 1. The fourth-order valence-electron chi connectivity index (χ4n) is 11.6. The summed E-state index contributed by atoms with van der Waals surface area (Å²) >= 11 is 0. The number of carboxylic acids is 1. The van der Waals surface area contributed by atoms with Crippen molar-refractivity contribution < 1.29 is 41.7 Å². The normalized spacial score (nSPS) is 31.7. The number of carboxylic acid groups (broad SMARTS) is 1. The summed E-state index contributed by atoms with van der Waals surface area (Å²) in [6, 6.07) is 5.83. The van der Waals surface area contributed by atoms with Crippen LogP contribution in [0.1, 0.15) is 99.2 Å². The molecule has 4 heterocycles. The van der Waals surface area contributed by atoms with Crippen molar-refractivity contribution in [3.63, 3.8) is 0 Å². The van der Waals surface area contributed by atoms with Crippen molar-refractivity contribution in [2.45, 2.75) is 106 Å². The van der Waals surface area contributed by atoms with E-state index in [-0.39, 0.29) is 48.1 Å². The van der Waals surface area contributed by atoms with Crippen molar-refractivity contribution >= 4 is 23.5 Å². The topological polar surface area (TPSA) is 117 Å². The number of rotatable bonds is 9. The van der Waals surface area contributed by atoms with Crippen LogP contribution >= 0.6 is 0 Å². The number of likely N-dealkylation sites (tertiary alicyclic amines) is 1. The fourth-order valence-corrected chi connectivity index (χ4v) is 11.6. The standard InChI is InChI=1S/C40H49F4N5O5/c1-37(41,42)33-30(34(50)47-40(35(51)52)26-13-23-12-24(15-26)16-27(40)14-23)20-45-36(46-33)49-22-38(6-10-53-11-7-38)31-17-29(2-3-32(31)49)54-28-4-8-48(9-5-28)21-25-18-39(43,44)19-25/h2-3,17,20,23-28H,4-16,18-19,21-22H2,1H3,(H,47,50)(H,51,52). The molecule has 14 heteroatoms. The van der Waals surface area contributed by atoms with Gasteiger partial charge in [-0.05, 0) is 111 Å². The lowest BCUT2D eigenvalue weighted by Gasteiger charge is -2.59. The largest absolute Gasteiger partial charge is 0.490 e. The Morgan fingerprint density at radius 2 is 1.70 bits per heavy atom. The summed E-state index contributed by atoms with van der Waals surface area (Å²) in [5.41, 5.74) is -1.23. The number of ether oxygens (including phenoxy) is 2. The molecule has 2 aromatic rings. The van der Waals surface area contributed by atoms with Gasteiger partial charge in [-0.1, -0.05) is 0 Å². The Labute approximate surface area is 312 Å². The molecule has 1 spiro atoms. The lowest BCUT2D eigenvalue weighted by atomic mass is 9.48. The highest BCUT2D eigenvalue weighted by molar-refractivity contribution is 5.99. The number of halogens is 4. The number of fused-ring (bicyclic) bond motifs is 2. The summed E-state index contributed by atoms with van der Waals surface area (Å²) in [5.74, 6) is -6.78. The SMILES string of the molecule is CC(F)(F)c1nc(N2CC3(CCOCC3)c3cc(OC4CCN(CC5CC(F)(F)C5)CC4)ccc32)ncc1C(=O)NC1(C(=O)O)C2CC3CC(C2)CC1C3. The molecule has 1 aromatic carbocycles. The average molecular weight is 756 g/mol. The first kappa shape index (κ1) is 36.1. The molecule has 0 unspecified atom stereocenters. The number of aromatic nitrogens is 2. The smallest absolute Gasteiger partial charge is 0.330 e. The quantitative estimate of drug-likeness (QED) is 0.270. The van der Waals surface area contributed by atoms with Gasteiger partial charge < -0.3 is 29.7 Å². The summed E-state index contributed by atoms with van der Waals surface area (Å²) in [6.07, 6.45) is 8.02. The zero-order valence-electron chi connectivity index (χ0n) is 30.7. The summed E-state index contributed by atoms with van der Waals surface area (Å²) in [6.45, 7) is 4.49. The number of benzene rings is 1. The molecule has 0 radical (unpaired) electrons. The number of nitrogens with zero attached hydrogens (tertiary/aromatic N) is 4. The first-order valence-corrected chi connectivity index (χ1v) is 19.8. The Balaban J connectivity index is 0.957. The first-order valence-electron chi connectivity index (χ1n) is 19.8. The average Bonchev–Trinajstić information content (AvgIpc) is 3.41. The molecule has 5 aliphatic carbocycles. The zero-order valence-corrected chi connectivity index (χ0v) is 30.7. The van der Waals surface area contributed by atoms with E-state index < -0.39 is 40.5 Å². The van der Waals surface area contributed by atoms with Gasteiger partial charge in [0.1, 0.15) is 23.1 Å². The minimum atomic E-state index is -3.51. The number of hydrogen-bond acceptors (Lipinski definition) is 8. The molecular formula is C40H49F4N5O5. The van der Waals surface area contributed by atoms with Crippen LogP contribution in [-0.2, 0) is 20.9 Å². The number of hydrogen-bond donors (Lipinski definition) is 2. The van der Waals surface area contributed by atoms with E-state index in [1.165, 1.54) is 0 Å². The molecule has 0 atom stereocenters. The van der Waals surface area contributed by atoms with E-state index in [9.17, 15) is 23.5 Å². The van der Waals surface area contributed by atoms with E-state index in [2.05, 4.69) is 20.2 Å². The van der Waals surface area contributed by atoms with Gasteiger partial charge in [-0.3, -0.25) is 4.79 Å². The Morgan fingerprint density at radius 3 is 2.31 bits per heavy atom. The van der Waals surface area contributed by atoms with E-state index in [0.717, 1.165) is 49.8 Å². The molecule has 10 nitrogen and oxygen atoms in total. The van der Waals surface area contributed by atoms with Gasteiger partial charge in [-0.2, -0.15) is 8.78 Å². The van der Waals surface area contributed by atoms with Gasteiger partial charge in [-0.25, -0.2) is 23.5 Å². The van der Waals surface area contributed by atoms with Crippen molar-refractivity contribution in [2.75, 3.05) is 44.3 Å². The van der Waals surface area contributed by atoms with Gasteiger partial charge in [-0.15, -0.1) is 0 Å². The number of alkyl halides is 4. The molecule has 8 aliphatic rings. The van der Waals surface area contributed by atoms with Crippen molar-refractivity contribution in [3.8, 4) is 5.75 Å². The molecule has 4 bridgehead atoms. The summed E-state index contributed by atoms with van der Waals surface area (Å²) < 4.78 is 69.8. The second kappa shape index (κ2) is 13.0. The molecule has 10 rings (SSSR count). The maximum atomic E-state index is 15.4. The summed E-state index contributed by atoms with van der Waals surface area (Å²) in [4.78, 5) is 39.8. The van der Waals surface area contributed by atoms with Gasteiger partial charge in [0.2, 0.25) is 11.9 Å². The van der Waals surface area contributed by atoms with Crippen LogP contribution in [0.3, 0.4) is 0 Å². The van der Waals surface area contributed by atoms with Gasteiger partial charge in [0.05, 0.1) is 5.56 Å². The van der Waals surface area contributed by atoms with Crippen LogP contribution < -0.4 is 15.0 Å². The molecule has 292 valence electrons. The molecule has 2 saturated heterocycles. The van der Waals surface area contributed by atoms with Crippen LogP contribution in [0.15, 0.2) is 24.4 Å². The molecular weight excluding hydrogens is 706 g/mol. The van der Waals surface area contributed by atoms with E-state index in [0.29, 0.717) is 89.3 Å². The minimum absolute atomic E-state index is 0.0132. The number of carbonyl (C=O) groups is 2. The number of anilines is 2. The number of carbonyl (C=O) groups excluding carboxylic acids is 1. The Kier molecular flexibility index (Phi) is 8.72. The third-order valence-electron chi connectivity index (χ3n) is 14.0. The maximum Gasteiger partial charge on any atom is 0.330 e. The van der Waals surface area contributed by atoms with Crippen LogP contribution in [0, 0.1) is 29.6 Å². The van der Waals surface area contributed by atoms with Crippen LogP contribution in [0.5, 0.6) is 5.75 Å². The Morgan fingerprint density at radius 1 is 1.04 bits per heavy atom. The molecule has 5 saturated carbocycles. The molecule has 1 aromatic heterocycles. The van der Waals surface area contributed by atoms with Gasteiger partial charge in [0.15, 0.2) is 0 Å². The minimum Gasteiger partial charge on any atom is -0.490 e. The highest BCUT2D eigenvalue weighted by atomic mass is 19.3. The number of nitrogens with one attached hydrogen (secondary N) is 1. The fraction of sp³-hybridized carbons (Fsp3) is 0.700. The van der Waals surface area contributed by atoms with Crippen LogP contribution in [-0.4, -0.2) is 88.8 Å². The molecule has 3 aliphatic heterocycles. The van der Waals surface area contributed by atoms with E-state index in [4.69, 9.17) is 9.47 Å². The van der Waals surface area contributed by atoms with Gasteiger partial charge in [0.25, 0.3) is 11.8 Å². The molecule has 1 amide bonds. The molecule has 2 N–H and O–H groups in total. The highest BCUT2D eigenvalue weighted by Gasteiger charge is 2.62. The first-order chi connectivity index (χ1) is 25.7. The lowest BCUT2D eigenvalue weighted by Crippen LogP contribution is -2.70. The van der Waals surface area contributed by atoms with E-state index in [1.807, 2.05) is 23.1 Å². The second-order valence-corrected chi connectivity index (χ2v) is 17.7. The number of amides is 1. The monoisotopic (exact) mass is 755 g/mol. The summed E-state index contributed by atoms with van der Waals surface area (Å²) in [5, 5.41) is 13.3. The van der Waals surface area contributed by atoms with Crippen LogP contribution in [0.2, 0.25) is 0 Å². The van der Waals surface area contributed by atoms with Crippen LogP contribution in [0.25, 0.3) is 0 Å². The number of piperidine rings is 1. The van der Waals surface area contributed by atoms with Crippen molar-refractivity contribution in [1.29, 1.82) is 0 Å².